The molecule has 90 valence electrons. The molecule has 0 saturated carbocycles. The molecule has 1 aromatic heterocycles. The molecule has 0 spiro atoms. The smallest absolute Gasteiger partial charge is 0.254 e. The minimum Gasteiger partial charge on any atom is -0.306 e. The molecule has 1 N–H and O–H groups in total. The second-order valence-electron chi connectivity index (χ2n) is 4.56. The lowest BCUT2D eigenvalue weighted by molar-refractivity contribution is 0.792. The van der Waals surface area contributed by atoms with Crippen molar-refractivity contribution in [1.82, 2.24) is 9.97 Å². The van der Waals surface area contributed by atoms with Crippen LogP contribution in [-0.4, -0.2) is 9.97 Å². The summed E-state index contributed by atoms with van der Waals surface area (Å²) in [5.41, 5.74) is 3.45. The van der Waals surface area contributed by atoms with E-state index in [9.17, 15) is 4.79 Å². The van der Waals surface area contributed by atoms with Crippen LogP contribution in [0.15, 0.2) is 41.7 Å². The molecule has 18 heavy (non-hydrogen) atoms. The fourth-order valence-electron chi connectivity index (χ4n) is 2.35. The lowest BCUT2D eigenvalue weighted by Crippen LogP contribution is -2.21. The van der Waals surface area contributed by atoms with E-state index in [1.165, 1.54) is 0 Å². The Labute approximate surface area is 105 Å². The number of fused-ring (bicyclic) bond motifs is 1. The van der Waals surface area contributed by atoms with Crippen molar-refractivity contribution in [2.24, 2.45) is 0 Å². The average molecular weight is 238 g/mol. The van der Waals surface area contributed by atoms with Gasteiger partial charge < -0.3 is 4.98 Å². The van der Waals surface area contributed by atoms with Crippen LogP contribution in [0.25, 0.3) is 17.0 Å². The Balaban J connectivity index is 2.20. The molecule has 3 nitrogen and oxygen atoms in total. The Kier molecular flexibility index (Phi) is 2.59. The van der Waals surface area contributed by atoms with Crippen molar-refractivity contribution in [1.29, 1.82) is 0 Å². The molecule has 3 heteroatoms. The molecule has 3 rings (SSSR count). The molecule has 0 saturated heterocycles. The Morgan fingerprint density at radius 3 is 2.72 bits per heavy atom. The zero-order valence-electron chi connectivity index (χ0n) is 10.1. The maximum Gasteiger partial charge on any atom is 0.254 e. The third kappa shape index (κ3) is 1.78. The summed E-state index contributed by atoms with van der Waals surface area (Å²) < 4.78 is 0. The zero-order valence-corrected chi connectivity index (χ0v) is 10.1. The first kappa shape index (κ1) is 11.0. The van der Waals surface area contributed by atoms with Gasteiger partial charge in [-0.25, -0.2) is 4.98 Å². The van der Waals surface area contributed by atoms with E-state index in [1.54, 1.807) is 0 Å². The summed E-state index contributed by atoms with van der Waals surface area (Å²) in [6, 6.07) is 9.69. The largest absolute Gasteiger partial charge is 0.306 e. The maximum atomic E-state index is 12.1. The van der Waals surface area contributed by atoms with Crippen LogP contribution < -0.4 is 5.56 Å². The van der Waals surface area contributed by atoms with Crippen LogP contribution in [0.3, 0.4) is 0 Å². The maximum absolute atomic E-state index is 12.1. The highest BCUT2D eigenvalue weighted by Gasteiger charge is 2.18. The van der Waals surface area contributed by atoms with Gasteiger partial charge in [-0.15, -0.1) is 0 Å². The van der Waals surface area contributed by atoms with Crippen LogP contribution in [0.4, 0.5) is 0 Å². The Bertz CT molecular complexity index is 656. The van der Waals surface area contributed by atoms with Crippen molar-refractivity contribution in [2.45, 2.75) is 19.3 Å². The van der Waals surface area contributed by atoms with E-state index in [2.05, 4.69) is 16.5 Å². The fourth-order valence-corrected chi connectivity index (χ4v) is 2.35. The van der Waals surface area contributed by atoms with Crippen molar-refractivity contribution >= 4 is 5.57 Å². The van der Waals surface area contributed by atoms with Gasteiger partial charge in [-0.3, -0.25) is 4.79 Å². The van der Waals surface area contributed by atoms with Crippen LogP contribution in [0.2, 0.25) is 0 Å². The number of aromatic nitrogens is 2. The number of hydrogen-bond donors (Lipinski definition) is 1. The highest BCUT2D eigenvalue weighted by atomic mass is 16.1. The average Bonchev–Trinajstić information content (AvgIpc) is 2.41. The first-order valence-electron chi connectivity index (χ1n) is 6.12. The van der Waals surface area contributed by atoms with E-state index in [0.29, 0.717) is 5.82 Å². The SMILES string of the molecule is C=C1CCCc2c1nc(-c1ccccc1)[nH]c2=O. The summed E-state index contributed by atoms with van der Waals surface area (Å²) >= 11 is 0. The Morgan fingerprint density at radius 1 is 1.17 bits per heavy atom. The van der Waals surface area contributed by atoms with E-state index >= 15 is 0 Å². The van der Waals surface area contributed by atoms with Crippen molar-refractivity contribution in [3.63, 3.8) is 0 Å². The molecule has 1 aromatic carbocycles. The molecule has 0 fully saturated rings. The van der Waals surface area contributed by atoms with E-state index < -0.39 is 0 Å². The molecule has 1 heterocycles. The molecule has 0 atom stereocenters. The summed E-state index contributed by atoms with van der Waals surface area (Å²) in [5, 5.41) is 0. The predicted molar refractivity (Wildman–Crippen MR) is 72.3 cm³/mol. The van der Waals surface area contributed by atoms with Crippen molar-refractivity contribution in [3.8, 4) is 11.4 Å². The second kappa shape index (κ2) is 4.26. The van der Waals surface area contributed by atoms with Gasteiger partial charge in [0.2, 0.25) is 0 Å². The first-order chi connectivity index (χ1) is 8.75. The molecule has 0 aliphatic heterocycles. The van der Waals surface area contributed by atoms with Crippen molar-refractivity contribution in [2.75, 3.05) is 0 Å². The molecule has 0 bridgehead atoms. The summed E-state index contributed by atoms with van der Waals surface area (Å²) in [6.45, 7) is 4.02. The number of benzene rings is 1. The molecule has 2 aromatic rings. The number of H-pyrrole nitrogens is 1. The second-order valence-corrected chi connectivity index (χ2v) is 4.56. The third-order valence-electron chi connectivity index (χ3n) is 3.30. The molecule has 0 amide bonds. The highest BCUT2D eigenvalue weighted by Crippen LogP contribution is 2.26. The van der Waals surface area contributed by atoms with Gasteiger partial charge in [0.05, 0.1) is 5.69 Å². The fraction of sp³-hybridized carbons (Fsp3) is 0.200. The van der Waals surface area contributed by atoms with Crippen LogP contribution >= 0.6 is 0 Å². The number of nitrogens with zero attached hydrogens (tertiary/aromatic N) is 1. The highest BCUT2D eigenvalue weighted by molar-refractivity contribution is 5.67. The van der Waals surface area contributed by atoms with Gasteiger partial charge in [0.15, 0.2) is 0 Å². The number of nitrogens with one attached hydrogen (secondary N) is 1. The van der Waals surface area contributed by atoms with Crippen LogP contribution in [-0.2, 0) is 6.42 Å². The van der Waals surface area contributed by atoms with Gasteiger partial charge in [-0.1, -0.05) is 36.9 Å². The summed E-state index contributed by atoms with van der Waals surface area (Å²) in [7, 11) is 0. The van der Waals surface area contributed by atoms with E-state index in [4.69, 9.17) is 0 Å². The number of allylic oxidation sites excluding steroid dienone is 1. The lowest BCUT2D eigenvalue weighted by Gasteiger charge is -2.16. The molecule has 1 aliphatic rings. The number of rotatable bonds is 1. The van der Waals surface area contributed by atoms with Crippen LogP contribution in [0, 0.1) is 0 Å². The van der Waals surface area contributed by atoms with Crippen molar-refractivity contribution in [3.05, 3.63) is 58.5 Å². The van der Waals surface area contributed by atoms with Gasteiger partial charge in [-0.2, -0.15) is 0 Å². The standard InChI is InChI=1S/C15H14N2O/c1-10-6-5-9-12-13(10)16-14(17-15(12)18)11-7-3-2-4-8-11/h2-4,7-8H,1,5-6,9H2,(H,16,17,18). The van der Waals surface area contributed by atoms with Gasteiger partial charge in [-0.05, 0) is 24.8 Å². The molecule has 0 unspecified atom stereocenters. The van der Waals surface area contributed by atoms with Gasteiger partial charge >= 0.3 is 0 Å². The monoisotopic (exact) mass is 238 g/mol. The normalized spacial score (nSPS) is 14.3. The topological polar surface area (TPSA) is 45.8 Å². The molecular formula is C15H14N2O. The van der Waals surface area contributed by atoms with Crippen molar-refractivity contribution < 1.29 is 0 Å². The van der Waals surface area contributed by atoms with Gasteiger partial charge in [0.25, 0.3) is 5.56 Å². The van der Waals surface area contributed by atoms with E-state index in [-0.39, 0.29) is 5.56 Å². The molecule has 0 radical (unpaired) electrons. The van der Waals surface area contributed by atoms with Crippen LogP contribution in [0.5, 0.6) is 0 Å². The third-order valence-corrected chi connectivity index (χ3v) is 3.30. The van der Waals surface area contributed by atoms with E-state index in [1.807, 2.05) is 30.3 Å². The van der Waals surface area contributed by atoms with E-state index in [0.717, 1.165) is 41.7 Å². The minimum absolute atomic E-state index is 0.0281. The first-order valence-corrected chi connectivity index (χ1v) is 6.12. The summed E-state index contributed by atoms with van der Waals surface area (Å²) in [4.78, 5) is 19.5. The zero-order chi connectivity index (χ0) is 12.5. The molecule has 1 aliphatic carbocycles. The van der Waals surface area contributed by atoms with Gasteiger partial charge in [0.1, 0.15) is 5.82 Å². The summed E-state index contributed by atoms with van der Waals surface area (Å²) in [5.74, 6) is 0.627. The molecular weight excluding hydrogens is 224 g/mol. The number of aromatic amines is 1. The number of hydrogen-bond acceptors (Lipinski definition) is 2. The van der Waals surface area contributed by atoms with Crippen LogP contribution in [0.1, 0.15) is 24.1 Å². The predicted octanol–water partition coefficient (Wildman–Crippen LogP) is 2.79. The minimum atomic E-state index is -0.0281. The van der Waals surface area contributed by atoms with Gasteiger partial charge in [0, 0.05) is 11.1 Å². The Morgan fingerprint density at radius 2 is 1.94 bits per heavy atom. The Hall–Kier alpha value is -2.16. The lowest BCUT2D eigenvalue weighted by atomic mass is 9.93. The quantitative estimate of drug-likeness (QED) is 0.830. The summed E-state index contributed by atoms with van der Waals surface area (Å²) in [6.07, 6.45) is 2.71.